The van der Waals surface area contributed by atoms with Crippen LogP contribution in [-0.2, 0) is 4.79 Å². The van der Waals surface area contributed by atoms with Crippen LogP contribution in [-0.4, -0.2) is 5.78 Å². The van der Waals surface area contributed by atoms with Crippen LogP contribution in [0.4, 0.5) is 0 Å². The van der Waals surface area contributed by atoms with Crippen molar-refractivity contribution in [3.05, 3.63) is 0 Å². The minimum Gasteiger partial charge on any atom is -0.299 e. The van der Waals surface area contributed by atoms with Crippen molar-refractivity contribution in [2.75, 3.05) is 0 Å². The lowest BCUT2D eigenvalue weighted by Gasteiger charge is -2.14. The van der Waals surface area contributed by atoms with Gasteiger partial charge in [-0.1, -0.05) is 47.0 Å². The predicted molar refractivity (Wildman–Crippen MR) is 57.8 cm³/mol. The van der Waals surface area contributed by atoms with Crippen molar-refractivity contribution in [1.29, 1.82) is 0 Å². The van der Waals surface area contributed by atoms with Crippen molar-refractivity contribution in [1.82, 2.24) is 0 Å². The summed E-state index contributed by atoms with van der Waals surface area (Å²) >= 11 is 0. The molecule has 0 aromatic heterocycles. The van der Waals surface area contributed by atoms with Gasteiger partial charge < -0.3 is 0 Å². The number of unbranched alkanes of at least 4 members (excludes halogenated alkanes) is 1. The summed E-state index contributed by atoms with van der Waals surface area (Å²) in [6, 6.07) is 0. The second kappa shape index (κ2) is 7.11. The van der Waals surface area contributed by atoms with Crippen molar-refractivity contribution >= 4 is 5.78 Å². The molecule has 0 saturated carbocycles. The third-order valence-corrected chi connectivity index (χ3v) is 2.68. The Morgan fingerprint density at radius 3 is 2.00 bits per heavy atom. The van der Waals surface area contributed by atoms with Crippen LogP contribution in [0.15, 0.2) is 0 Å². The molecule has 0 N–H and O–H groups in total. The molecule has 1 heteroatoms. The molecule has 0 bridgehead atoms. The van der Waals surface area contributed by atoms with E-state index in [1.807, 2.05) is 0 Å². The highest BCUT2D eigenvalue weighted by molar-refractivity contribution is 5.82. The Bertz CT molecular complexity index is 140. The largest absolute Gasteiger partial charge is 0.299 e. The summed E-state index contributed by atoms with van der Waals surface area (Å²) in [4.78, 5) is 11.7. The van der Waals surface area contributed by atoms with Gasteiger partial charge in [0.25, 0.3) is 0 Å². The number of carbonyl (C=O) groups is 1. The molecule has 13 heavy (non-hydrogen) atoms. The van der Waals surface area contributed by atoms with Gasteiger partial charge in [0.15, 0.2) is 0 Å². The number of ketones is 1. The standard InChI is InChI=1S/C12H24O/c1-5-7-9-11(4)12(13)10(3)8-6-2/h10-11H,5-9H2,1-4H3. The quantitative estimate of drug-likeness (QED) is 0.588. The molecule has 0 amide bonds. The summed E-state index contributed by atoms with van der Waals surface area (Å²) < 4.78 is 0. The Kier molecular flexibility index (Phi) is 6.93. The van der Waals surface area contributed by atoms with Gasteiger partial charge in [0.05, 0.1) is 0 Å². The molecule has 0 aromatic carbocycles. The minimum absolute atomic E-state index is 0.275. The molecule has 78 valence electrons. The number of carbonyl (C=O) groups excluding carboxylic acids is 1. The Balaban J connectivity index is 3.79. The van der Waals surface area contributed by atoms with E-state index in [2.05, 4.69) is 27.7 Å². The fraction of sp³-hybridized carbons (Fsp3) is 0.917. The summed E-state index contributed by atoms with van der Waals surface area (Å²) in [6.45, 7) is 8.45. The maximum Gasteiger partial charge on any atom is 0.138 e. The monoisotopic (exact) mass is 184 g/mol. The second-order valence-electron chi connectivity index (χ2n) is 4.14. The zero-order valence-electron chi connectivity index (χ0n) is 9.60. The molecule has 2 unspecified atom stereocenters. The van der Waals surface area contributed by atoms with E-state index < -0.39 is 0 Å². The molecule has 0 aromatic rings. The summed E-state index contributed by atoms with van der Waals surface area (Å²) in [5.74, 6) is 1.02. The highest BCUT2D eigenvalue weighted by atomic mass is 16.1. The van der Waals surface area contributed by atoms with Crippen LogP contribution in [0.25, 0.3) is 0 Å². The molecule has 0 aliphatic rings. The molecule has 0 heterocycles. The van der Waals surface area contributed by atoms with Crippen LogP contribution in [0.2, 0.25) is 0 Å². The maximum atomic E-state index is 11.7. The smallest absolute Gasteiger partial charge is 0.138 e. The lowest BCUT2D eigenvalue weighted by Crippen LogP contribution is -2.19. The maximum absolute atomic E-state index is 11.7. The van der Waals surface area contributed by atoms with Crippen LogP contribution < -0.4 is 0 Å². The van der Waals surface area contributed by atoms with E-state index in [0.29, 0.717) is 5.78 Å². The molecule has 2 atom stereocenters. The fourth-order valence-corrected chi connectivity index (χ4v) is 1.71. The number of rotatable bonds is 7. The summed E-state index contributed by atoms with van der Waals surface area (Å²) in [5.41, 5.74) is 0. The first-order valence-corrected chi connectivity index (χ1v) is 5.67. The van der Waals surface area contributed by atoms with Crippen LogP contribution in [0.5, 0.6) is 0 Å². The van der Waals surface area contributed by atoms with Gasteiger partial charge in [-0.2, -0.15) is 0 Å². The first kappa shape index (κ1) is 12.7. The minimum atomic E-state index is 0.275. The van der Waals surface area contributed by atoms with Crippen molar-refractivity contribution in [2.45, 2.75) is 59.8 Å². The zero-order chi connectivity index (χ0) is 10.3. The van der Waals surface area contributed by atoms with E-state index >= 15 is 0 Å². The van der Waals surface area contributed by atoms with Gasteiger partial charge in [0.2, 0.25) is 0 Å². The third kappa shape index (κ3) is 5.07. The normalized spacial score (nSPS) is 15.4. The van der Waals surface area contributed by atoms with Crippen LogP contribution in [0, 0.1) is 11.8 Å². The molecule has 0 aliphatic carbocycles. The van der Waals surface area contributed by atoms with E-state index in [9.17, 15) is 4.79 Å². The topological polar surface area (TPSA) is 17.1 Å². The van der Waals surface area contributed by atoms with E-state index in [1.54, 1.807) is 0 Å². The highest BCUT2D eigenvalue weighted by Crippen LogP contribution is 2.17. The molecule has 0 rings (SSSR count). The van der Waals surface area contributed by atoms with Gasteiger partial charge in [-0.25, -0.2) is 0 Å². The number of hydrogen-bond acceptors (Lipinski definition) is 1. The first-order chi connectivity index (χ1) is 6.13. The Labute approximate surface area is 82.9 Å². The number of Topliss-reactive ketones (excluding diaryl/α,β-unsaturated/α-hetero) is 1. The molecular formula is C12H24O. The van der Waals surface area contributed by atoms with Crippen molar-refractivity contribution in [3.63, 3.8) is 0 Å². The Hall–Kier alpha value is -0.330. The Morgan fingerprint density at radius 2 is 1.54 bits per heavy atom. The van der Waals surface area contributed by atoms with Gasteiger partial charge in [0.1, 0.15) is 5.78 Å². The van der Waals surface area contributed by atoms with Gasteiger partial charge >= 0.3 is 0 Å². The molecule has 0 fully saturated rings. The zero-order valence-corrected chi connectivity index (χ0v) is 9.60. The van der Waals surface area contributed by atoms with Crippen LogP contribution >= 0.6 is 0 Å². The van der Waals surface area contributed by atoms with E-state index in [-0.39, 0.29) is 11.8 Å². The lowest BCUT2D eigenvalue weighted by atomic mass is 9.89. The average molecular weight is 184 g/mol. The number of hydrogen-bond donors (Lipinski definition) is 0. The SMILES string of the molecule is CCCCC(C)C(=O)C(C)CCC. The average Bonchev–Trinajstić information content (AvgIpc) is 2.13. The molecular weight excluding hydrogens is 160 g/mol. The van der Waals surface area contributed by atoms with Gasteiger partial charge in [0, 0.05) is 11.8 Å². The fourth-order valence-electron chi connectivity index (χ4n) is 1.71. The van der Waals surface area contributed by atoms with Gasteiger partial charge in [-0.3, -0.25) is 4.79 Å². The molecule has 0 aliphatic heterocycles. The van der Waals surface area contributed by atoms with E-state index in [0.717, 1.165) is 19.3 Å². The first-order valence-electron chi connectivity index (χ1n) is 5.67. The van der Waals surface area contributed by atoms with E-state index in [1.165, 1.54) is 12.8 Å². The van der Waals surface area contributed by atoms with Crippen molar-refractivity contribution < 1.29 is 4.79 Å². The van der Waals surface area contributed by atoms with Crippen molar-refractivity contribution in [3.8, 4) is 0 Å². The van der Waals surface area contributed by atoms with Gasteiger partial charge in [-0.05, 0) is 12.8 Å². The van der Waals surface area contributed by atoms with Crippen molar-refractivity contribution in [2.24, 2.45) is 11.8 Å². The molecule has 0 radical (unpaired) electrons. The Morgan fingerprint density at radius 1 is 1.00 bits per heavy atom. The molecule has 1 nitrogen and oxygen atoms in total. The lowest BCUT2D eigenvalue weighted by molar-refractivity contribution is -0.126. The molecule has 0 saturated heterocycles. The highest BCUT2D eigenvalue weighted by Gasteiger charge is 2.18. The summed E-state index contributed by atoms with van der Waals surface area (Å²) in [6.07, 6.45) is 5.62. The predicted octanol–water partition coefficient (Wildman–Crippen LogP) is 3.82. The third-order valence-electron chi connectivity index (χ3n) is 2.68. The molecule has 0 spiro atoms. The second-order valence-corrected chi connectivity index (χ2v) is 4.14. The van der Waals surface area contributed by atoms with E-state index in [4.69, 9.17) is 0 Å². The van der Waals surface area contributed by atoms with Crippen LogP contribution in [0.3, 0.4) is 0 Å². The van der Waals surface area contributed by atoms with Gasteiger partial charge in [-0.15, -0.1) is 0 Å². The summed E-state index contributed by atoms with van der Waals surface area (Å²) in [7, 11) is 0. The summed E-state index contributed by atoms with van der Waals surface area (Å²) in [5, 5.41) is 0. The van der Waals surface area contributed by atoms with Crippen LogP contribution in [0.1, 0.15) is 59.8 Å².